The third-order valence-corrected chi connectivity index (χ3v) is 4.19. The molecule has 0 radical (unpaired) electrons. The molecule has 27 heavy (non-hydrogen) atoms. The second-order valence-corrected chi connectivity index (χ2v) is 7.19. The molecule has 0 saturated carbocycles. The lowest BCUT2D eigenvalue weighted by Gasteiger charge is -2.31. The summed E-state index contributed by atoms with van der Waals surface area (Å²) in [6.45, 7) is 9.73. The van der Waals surface area contributed by atoms with E-state index in [0.29, 0.717) is 13.0 Å². The number of carbonyl (C=O) groups excluding carboxylic acids is 2. The van der Waals surface area contributed by atoms with E-state index in [1.54, 1.807) is 13.0 Å². The van der Waals surface area contributed by atoms with Crippen LogP contribution in [0.5, 0.6) is 0 Å². The molecule has 0 fully saturated rings. The van der Waals surface area contributed by atoms with Crippen LogP contribution in [0.15, 0.2) is 42.5 Å². The van der Waals surface area contributed by atoms with Gasteiger partial charge in [0.25, 0.3) is 0 Å². The number of hydrogen-bond donors (Lipinski definition) is 1. The van der Waals surface area contributed by atoms with Gasteiger partial charge in [0.15, 0.2) is 0 Å². The van der Waals surface area contributed by atoms with Crippen LogP contribution in [0.2, 0.25) is 0 Å². The predicted octanol–water partition coefficient (Wildman–Crippen LogP) is 4.12. The van der Waals surface area contributed by atoms with Crippen molar-refractivity contribution in [3.63, 3.8) is 0 Å². The van der Waals surface area contributed by atoms with Crippen LogP contribution < -0.4 is 5.32 Å². The fourth-order valence-corrected chi connectivity index (χ4v) is 2.71. The van der Waals surface area contributed by atoms with Crippen molar-refractivity contribution >= 4 is 11.9 Å². The van der Waals surface area contributed by atoms with Crippen molar-refractivity contribution < 1.29 is 19.1 Å². The van der Waals surface area contributed by atoms with Gasteiger partial charge >= 0.3 is 11.9 Å². The van der Waals surface area contributed by atoms with Gasteiger partial charge in [-0.3, -0.25) is 14.9 Å². The Morgan fingerprint density at radius 3 is 2.48 bits per heavy atom. The Bertz CT molecular complexity index is 610. The lowest BCUT2D eigenvalue weighted by molar-refractivity contribution is -0.147. The van der Waals surface area contributed by atoms with Gasteiger partial charge in [-0.05, 0) is 45.3 Å². The molecule has 0 unspecified atom stereocenters. The molecule has 0 bridgehead atoms. The molecular weight excluding hydrogens is 342 g/mol. The predicted molar refractivity (Wildman–Crippen MR) is 107 cm³/mol. The van der Waals surface area contributed by atoms with E-state index >= 15 is 0 Å². The molecule has 5 heteroatoms. The highest BCUT2D eigenvalue weighted by molar-refractivity contribution is 5.76. The highest BCUT2D eigenvalue weighted by Crippen LogP contribution is 2.21. The molecule has 1 aromatic carbocycles. The molecule has 0 aliphatic rings. The molecular formula is C22H33NO4. The Labute approximate surface area is 163 Å². The van der Waals surface area contributed by atoms with Gasteiger partial charge in [0.2, 0.25) is 0 Å². The van der Waals surface area contributed by atoms with Gasteiger partial charge in [-0.25, -0.2) is 0 Å². The maximum absolute atomic E-state index is 12.6. The lowest BCUT2D eigenvalue weighted by Crippen LogP contribution is -2.48. The van der Waals surface area contributed by atoms with Gasteiger partial charge in [0.05, 0.1) is 6.61 Å². The Morgan fingerprint density at radius 2 is 1.89 bits per heavy atom. The van der Waals surface area contributed by atoms with Gasteiger partial charge < -0.3 is 9.47 Å². The Balaban J connectivity index is 2.82. The number of unbranched alkanes of at least 4 members (excludes halogenated alkanes) is 1. The van der Waals surface area contributed by atoms with Crippen molar-refractivity contribution in [3.8, 4) is 0 Å². The van der Waals surface area contributed by atoms with Crippen molar-refractivity contribution in [2.24, 2.45) is 0 Å². The van der Waals surface area contributed by atoms with E-state index in [4.69, 9.17) is 9.47 Å². The number of ether oxygens (including phenoxy) is 2. The second kappa shape index (κ2) is 11.5. The molecule has 0 aliphatic heterocycles. The topological polar surface area (TPSA) is 64.6 Å². The van der Waals surface area contributed by atoms with E-state index in [-0.39, 0.29) is 18.0 Å². The quantitative estimate of drug-likeness (QED) is 0.358. The monoisotopic (exact) mass is 375 g/mol. The zero-order valence-corrected chi connectivity index (χ0v) is 17.2. The summed E-state index contributed by atoms with van der Waals surface area (Å²) in [5.74, 6) is -0.594. The summed E-state index contributed by atoms with van der Waals surface area (Å²) in [5.41, 5.74) is 0.694. The van der Waals surface area contributed by atoms with E-state index in [9.17, 15) is 9.59 Å². The Kier molecular flexibility index (Phi) is 9.79. The minimum absolute atomic E-state index is 0.266. The summed E-state index contributed by atoms with van der Waals surface area (Å²) in [4.78, 5) is 23.6. The van der Waals surface area contributed by atoms with E-state index in [0.717, 1.165) is 18.4 Å². The van der Waals surface area contributed by atoms with E-state index in [1.807, 2.05) is 50.3 Å². The average Bonchev–Trinajstić information content (AvgIpc) is 2.61. The Morgan fingerprint density at radius 1 is 1.22 bits per heavy atom. The van der Waals surface area contributed by atoms with Crippen molar-refractivity contribution in [3.05, 3.63) is 48.0 Å². The van der Waals surface area contributed by atoms with Crippen molar-refractivity contribution in [2.45, 2.75) is 71.6 Å². The smallest absolute Gasteiger partial charge is 0.323 e. The van der Waals surface area contributed by atoms with Crippen molar-refractivity contribution in [2.75, 3.05) is 6.61 Å². The number of esters is 2. The number of carbonyl (C=O) groups is 2. The fraction of sp³-hybridized carbons (Fsp3) is 0.545. The molecule has 0 spiro atoms. The minimum atomic E-state index is -0.488. The van der Waals surface area contributed by atoms with Crippen LogP contribution in [0.1, 0.15) is 59.4 Å². The molecule has 1 aromatic rings. The summed E-state index contributed by atoms with van der Waals surface area (Å²) < 4.78 is 10.5. The van der Waals surface area contributed by atoms with E-state index in [2.05, 4.69) is 12.2 Å². The molecule has 0 aromatic heterocycles. The van der Waals surface area contributed by atoms with E-state index < -0.39 is 11.6 Å². The van der Waals surface area contributed by atoms with Gasteiger partial charge in [-0.1, -0.05) is 49.8 Å². The first kappa shape index (κ1) is 22.9. The standard InChI is InChI=1S/C22H33NO4/c1-6-7-16-26-21(25)20(15-11-12-17(2)27-18(3)24)23-22(4,5)19-13-9-8-10-14-19/h8-14,17,20,23H,6-7,15-16H2,1-5H3/b12-11+/t17-,20-/m0/s1. The molecule has 2 atom stereocenters. The zero-order valence-electron chi connectivity index (χ0n) is 17.2. The maximum Gasteiger partial charge on any atom is 0.323 e. The highest BCUT2D eigenvalue weighted by Gasteiger charge is 2.28. The highest BCUT2D eigenvalue weighted by atomic mass is 16.5. The van der Waals surface area contributed by atoms with Crippen LogP contribution in [0.4, 0.5) is 0 Å². The van der Waals surface area contributed by atoms with Crippen LogP contribution in [0.3, 0.4) is 0 Å². The fourth-order valence-electron chi connectivity index (χ4n) is 2.71. The largest absolute Gasteiger partial charge is 0.465 e. The Hall–Kier alpha value is -2.14. The minimum Gasteiger partial charge on any atom is -0.465 e. The summed E-state index contributed by atoms with van der Waals surface area (Å²) in [6, 6.07) is 9.51. The van der Waals surface area contributed by atoms with E-state index in [1.165, 1.54) is 6.92 Å². The SMILES string of the molecule is CCCCOC(=O)[C@H](C/C=C/[C@H](C)OC(C)=O)NC(C)(C)c1ccccc1. The molecule has 0 saturated heterocycles. The van der Waals surface area contributed by atoms with Crippen LogP contribution in [0, 0.1) is 0 Å². The zero-order chi connectivity index (χ0) is 20.3. The van der Waals surface area contributed by atoms with Crippen molar-refractivity contribution in [1.82, 2.24) is 5.32 Å². The average molecular weight is 376 g/mol. The van der Waals surface area contributed by atoms with Crippen LogP contribution >= 0.6 is 0 Å². The number of nitrogens with one attached hydrogen (secondary N) is 1. The van der Waals surface area contributed by atoms with Crippen LogP contribution in [-0.2, 0) is 24.6 Å². The first-order valence-electron chi connectivity index (χ1n) is 9.60. The maximum atomic E-state index is 12.6. The van der Waals surface area contributed by atoms with Gasteiger partial charge in [-0.15, -0.1) is 0 Å². The molecule has 5 nitrogen and oxygen atoms in total. The van der Waals surface area contributed by atoms with Crippen molar-refractivity contribution in [1.29, 1.82) is 0 Å². The molecule has 150 valence electrons. The summed E-state index contributed by atoms with van der Waals surface area (Å²) in [6.07, 6.45) is 5.58. The summed E-state index contributed by atoms with van der Waals surface area (Å²) in [5, 5.41) is 3.42. The number of hydrogen-bond acceptors (Lipinski definition) is 5. The first-order valence-corrected chi connectivity index (χ1v) is 9.60. The second-order valence-electron chi connectivity index (χ2n) is 7.19. The van der Waals surface area contributed by atoms with Crippen LogP contribution in [0.25, 0.3) is 0 Å². The number of rotatable bonds is 11. The lowest BCUT2D eigenvalue weighted by atomic mass is 9.93. The summed E-state index contributed by atoms with van der Waals surface area (Å²) in [7, 11) is 0. The normalized spacial score (nSPS) is 14.0. The van der Waals surface area contributed by atoms with Gasteiger partial charge in [0, 0.05) is 12.5 Å². The third kappa shape index (κ3) is 8.87. The van der Waals surface area contributed by atoms with Gasteiger partial charge in [-0.2, -0.15) is 0 Å². The molecule has 0 heterocycles. The molecule has 0 aliphatic carbocycles. The first-order chi connectivity index (χ1) is 12.8. The molecule has 1 N–H and O–H groups in total. The number of benzene rings is 1. The summed E-state index contributed by atoms with van der Waals surface area (Å²) >= 11 is 0. The molecule has 1 rings (SSSR count). The van der Waals surface area contributed by atoms with Gasteiger partial charge in [0.1, 0.15) is 12.1 Å². The van der Waals surface area contributed by atoms with Crippen LogP contribution in [-0.4, -0.2) is 30.7 Å². The molecule has 0 amide bonds. The third-order valence-electron chi connectivity index (χ3n) is 4.19.